The van der Waals surface area contributed by atoms with Gasteiger partial charge in [-0.3, -0.25) is 19.8 Å². The highest BCUT2D eigenvalue weighted by molar-refractivity contribution is 8.26. The van der Waals surface area contributed by atoms with Crippen LogP contribution in [0.2, 0.25) is 5.02 Å². The zero-order valence-electron chi connectivity index (χ0n) is 15.9. The Morgan fingerprint density at radius 3 is 2.53 bits per heavy atom. The van der Waals surface area contributed by atoms with Crippen molar-refractivity contribution in [2.45, 2.75) is 6.42 Å². The number of nitrogens with zero attached hydrogens (tertiary/aromatic N) is 2. The van der Waals surface area contributed by atoms with Crippen LogP contribution in [-0.4, -0.2) is 40.3 Å². The third-order valence-electron chi connectivity index (χ3n) is 4.11. The highest BCUT2D eigenvalue weighted by atomic mass is 35.5. The standard InChI is InChI=1S/C20H17ClN2O5S2/c1-22-19(24)18(30-20(22)29)12-13-11-15(23(25)26)5-8-17(13)28-10-2-9-27-16-6-3-14(21)4-7-16/h3-8,11-12H,2,9-10H2,1H3/b18-12-. The van der Waals surface area contributed by atoms with E-state index in [1.165, 1.54) is 23.1 Å². The number of hydrogen-bond acceptors (Lipinski definition) is 7. The molecule has 0 saturated carbocycles. The minimum atomic E-state index is -0.494. The number of carbonyl (C=O) groups excluding carboxylic acids is 1. The molecule has 1 aliphatic rings. The highest BCUT2D eigenvalue weighted by Crippen LogP contribution is 2.34. The number of thiocarbonyl (C=S) groups is 1. The molecule has 0 spiro atoms. The van der Waals surface area contributed by atoms with Crippen LogP contribution < -0.4 is 9.47 Å². The van der Waals surface area contributed by atoms with Gasteiger partial charge in [0, 0.05) is 36.2 Å². The summed E-state index contributed by atoms with van der Waals surface area (Å²) >= 11 is 12.1. The summed E-state index contributed by atoms with van der Waals surface area (Å²) in [5, 5.41) is 11.8. The first-order chi connectivity index (χ1) is 14.3. The molecule has 0 bridgehead atoms. The molecule has 1 amide bonds. The molecule has 1 heterocycles. The average Bonchev–Trinajstić information content (AvgIpc) is 2.96. The van der Waals surface area contributed by atoms with E-state index < -0.39 is 4.92 Å². The number of nitro benzene ring substituents is 1. The van der Waals surface area contributed by atoms with Crippen LogP contribution in [0.15, 0.2) is 47.4 Å². The average molecular weight is 465 g/mol. The number of rotatable bonds is 8. The van der Waals surface area contributed by atoms with Crippen molar-refractivity contribution >= 4 is 57.6 Å². The van der Waals surface area contributed by atoms with E-state index in [0.29, 0.717) is 50.9 Å². The van der Waals surface area contributed by atoms with E-state index in [2.05, 4.69) is 0 Å². The van der Waals surface area contributed by atoms with Gasteiger partial charge in [-0.25, -0.2) is 0 Å². The van der Waals surface area contributed by atoms with Crippen LogP contribution >= 0.6 is 35.6 Å². The molecule has 1 aliphatic heterocycles. The first-order valence-electron chi connectivity index (χ1n) is 8.86. The summed E-state index contributed by atoms with van der Waals surface area (Å²) < 4.78 is 11.8. The second-order valence-electron chi connectivity index (χ2n) is 6.22. The van der Waals surface area contributed by atoms with Gasteiger partial charge in [-0.05, 0) is 36.4 Å². The molecule has 7 nitrogen and oxygen atoms in total. The summed E-state index contributed by atoms with van der Waals surface area (Å²) in [7, 11) is 1.59. The van der Waals surface area contributed by atoms with E-state index >= 15 is 0 Å². The Kier molecular flexibility index (Phi) is 7.30. The zero-order chi connectivity index (χ0) is 21.7. The minimum absolute atomic E-state index is 0.0911. The first kappa shape index (κ1) is 22.1. The number of benzene rings is 2. The molecule has 30 heavy (non-hydrogen) atoms. The predicted octanol–water partition coefficient (Wildman–Crippen LogP) is 4.93. The van der Waals surface area contributed by atoms with Crippen molar-refractivity contribution in [2.75, 3.05) is 20.3 Å². The Bertz CT molecular complexity index is 1010. The molecule has 0 aliphatic carbocycles. The van der Waals surface area contributed by atoms with E-state index in [1.807, 2.05) is 0 Å². The van der Waals surface area contributed by atoms with Crippen molar-refractivity contribution in [2.24, 2.45) is 0 Å². The monoisotopic (exact) mass is 464 g/mol. The topological polar surface area (TPSA) is 81.9 Å². The molecule has 0 atom stereocenters. The number of hydrogen-bond donors (Lipinski definition) is 0. The number of carbonyl (C=O) groups is 1. The molecule has 1 fully saturated rings. The number of nitro groups is 1. The Balaban J connectivity index is 1.66. The Labute approximate surface area is 187 Å². The third kappa shape index (κ3) is 5.50. The van der Waals surface area contributed by atoms with Gasteiger partial charge >= 0.3 is 0 Å². The van der Waals surface area contributed by atoms with Gasteiger partial charge in [0.2, 0.25) is 0 Å². The van der Waals surface area contributed by atoms with E-state index in [-0.39, 0.29) is 11.6 Å². The summed E-state index contributed by atoms with van der Waals surface area (Å²) in [6, 6.07) is 11.3. The molecule has 0 aromatic heterocycles. The number of non-ortho nitro benzene ring substituents is 1. The summed E-state index contributed by atoms with van der Waals surface area (Å²) in [4.78, 5) is 24.7. The van der Waals surface area contributed by atoms with Crippen molar-refractivity contribution < 1.29 is 19.2 Å². The first-order valence-corrected chi connectivity index (χ1v) is 10.5. The lowest BCUT2D eigenvalue weighted by molar-refractivity contribution is -0.384. The summed E-state index contributed by atoms with van der Waals surface area (Å²) in [6.07, 6.45) is 2.16. The third-order valence-corrected chi connectivity index (χ3v) is 5.84. The van der Waals surface area contributed by atoms with Gasteiger partial charge in [-0.15, -0.1) is 0 Å². The van der Waals surface area contributed by atoms with E-state index in [0.717, 1.165) is 11.8 Å². The molecule has 1 saturated heterocycles. The van der Waals surface area contributed by atoms with E-state index in [4.69, 9.17) is 33.3 Å². The molecule has 2 aromatic carbocycles. The normalized spacial score (nSPS) is 15.0. The number of ether oxygens (including phenoxy) is 2. The Hall–Kier alpha value is -2.62. The largest absolute Gasteiger partial charge is 0.493 e. The lowest BCUT2D eigenvalue weighted by Crippen LogP contribution is -2.22. The fraction of sp³-hybridized carbons (Fsp3) is 0.200. The summed E-state index contributed by atoms with van der Waals surface area (Å²) in [5.74, 6) is 0.893. The second kappa shape index (κ2) is 9.92. The van der Waals surface area contributed by atoms with Crippen LogP contribution in [0.3, 0.4) is 0 Å². The number of amides is 1. The fourth-order valence-corrected chi connectivity index (χ4v) is 3.84. The van der Waals surface area contributed by atoms with E-state index in [1.54, 1.807) is 37.4 Å². The lowest BCUT2D eigenvalue weighted by atomic mass is 10.1. The maximum absolute atomic E-state index is 12.3. The van der Waals surface area contributed by atoms with Gasteiger partial charge in [0.05, 0.1) is 23.0 Å². The molecular weight excluding hydrogens is 448 g/mol. The minimum Gasteiger partial charge on any atom is -0.493 e. The van der Waals surface area contributed by atoms with Gasteiger partial charge < -0.3 is 9.47 Å². The molecule has 0 N–H and O–H groups in total. The van der Waals surface area contributed by atoms with Crippen molar-refractivity contribution in [3.8, 4) is 11.5 Å². The van der Waals surface area contributed by atoms with Gasteiger partial charge in [-0.1, -0.05) is 35.6 Å². The maximum atomic E-state index is 12.3. The summed E-state index contributed by atoms with van der Waals surface area (Å²) in [5.41, 5.74) is 0.350. The van der Waals surface area contributed by atoms with Crippen LogP contribution in [-0.2, 0) is 4.79 Å². The molecule has 0 unspecified atom stereocenters. The van der Waals surface area contributed by atoms with Crippen LogP contribution in [0, 0.1) is 10.1 Å². The van der Waals surface area contributed by atoms with Crippen molar-refractivity contribution in [1.82, 2.24) is 4.90 Å². The number of likely N-dealkylation sites (N-methyl/N-ethyl adjacent to an activating group) is 1. The van der Waals surface area contributed by atoms with Crippen LogP contribution in [0.4, 0.5) is 5.69 Å². The van der Waals surface area contributed by atoms with Crippen molar-refractivity contribution in [3.63, 3.8) is 0 Å². The van der Waals surface area contributed by atoms with Crippen LogP contribution in [0.25, 0.3) is 6.08 Å². The molecule has 0 radical (unpaired) electrons. The van der Waals surface area contributed by atoms with Gasteiger partial charge in [0.25, 0.3) is 11.6 Å². The lowest BCUT2D eigenvalue weighted by Gasteiger charge is -2.11. The Morgan fingerprint density at radius 1 is 1.20 bits per heavy atom. The molecular formula is C20H17ClN2O5S2. The van der Waals surface area contributed by atoms with Crippen molar-refractivity contribution in [3.05, 3.63) is 68.1 Å². The van der Waals surface area contributed by atoms with Crippen LogP contribution in [0.5, 0.6) is 11.5 Å². The predicted molar refractivity (Wildman–Crippen MR) is 121 cm³/mol. The molecule has 10 heteroatoms. The zero-order valence-corrected chi connectivity index (χ0v) is 18.3. The molecule has 2 aromatic rings. The number of halogens is 1. The van der Waals surface area contributed by atoms with Crippen molar-refractivity contribution in [1.29, 1.82) is 0 Å². The summed E-state index contributed by atoms with van der Waals surface area (Å²) in [6.45, 7) is 0.763. The maximum Gasteiger partial charge on any atom is 0.270 e. The molecule has 156 valence electrons. The quantitative estimate of drug-likeness (QED) is 0.180. The fourth-order valence-electron chi connectivity index (χ4n) is 2.54. The van der Waals surface area contributed by atoms with Gasteiger partial charge in [0.15, 0.2) is 0 Å². The van der Waals surface area contributed by atoms with Gasteiger partial charge in [0.1, 0.15) is 15.8 Å². The highest BCUT2D eigenvalue weighted by Gasteiger charge is 2.29. The van der Waals surface area contributed by atoms with Crippen LogP contribution in [0.1, 0.15) is 12.0 Å². The second-order valence-corrected chi connectivity index (χ2v) is 8.34. The van der Waals surface area contributed by atoms with Gasteiger partial charge in [-0.2, -0.15) is 0 Å². The smallest absolute Gasteiger partial charge is 0.270 e. The number of thioether (sulfide) groups is 1. The Morgan fingerprint density at radius 2 is 1.90 bits per heavy atom. The van der Waals surface area contributed by atoms with E-state index in [9.17, 15) is 14.9 Å². The molecule has 3 rings (SSSR count). The SMILES string of the molecule is CN1C(=O)/C(=C/c2cc([N+](=O)[O-])ccc2OCCCOc2ccc(Cl)cc2)SC1=S.